The summed E-state index contributed by atoms with van der Waals surface area (Å²) in [6.07, 6.45) is -2.18. The number of aryl methyl sites for hydroxylation is 1. The lowest BCUT2D eigenvalue weighted by Gasteiger charge is -2.25. The Bertz CT molecular complexity index is 1100. The maximum atomic E-state index is 12.8. The van der Waals surface area contributed by atoms with Gasteiger partial charge in [0.1, 0.15) is 9.90 Å². The van der Waals surface area contributed by atoms with Crippen molar-refractivity contribution in [2.24, 2.45) is 0 Å². The van der Waals surface area contributed by atoms with Crippen molar-refractivity contribution in [1.82, 2.24) is 9.88 Å². The monoisotopic (exact) mass is 428 g/mol. The van der Waals surface area contributed by atoms with Crippen molar-refractivity contribution < 1.29 is 26.1 Å². The largest absolute Gasteiger partial charge is 0.452 e. The first-order chi connectivity index (χ1) is 13.2. The van der Waals surface area contributed by atoms with Crippen LogP contribution in [-0.4, -0.2) is 13.6 Å². The Hall–Kier alpha value is -2.17. The number of rotatable bonds is 4. The molecule has 1 atom stereocenters. The summed E-state index contributed by atoms with van der Waals surface area (Å²) in [7, 11) is -3.82. The molecule has 4 rings (SSSR count). The maximum absolute atomic E-state index is 12.8. The summed E-state index contributed by atoms with van der Waals surface area (Å²) in [6, 6.07) is 10.9. The van der Waals surface area contributed by atoms with Crippen LogP contribution in [0.3, 0.4) is 0 Å². The minimum absolute atomic E-state index is 0.0158. The number of fused-ring (bicyclic) bond motifs is 1. The number of benzene rings is 1. The molecule has 3 aromatic rings. The summed E-state index contributed by atoms with van der Waals surface area (Å²) in [5.41, 5.74) is 2.03. The molecule has 148 valence electrons. The van der Waals surface area contributed by atoms with Crippen LogP contribution in [0.2, 0.25) is 0 Å². The van der Waals surface area contributed by atoms with E-state index in [1.807, 2.05) is 24.3 Å². The lowest BCUT2D eigenvalue weighted by molar-refractivity contribution is -0.155. The number of halogens is 3. The van der Waals surface area contributed by atoms with Crippen LogP contribution in [0.25, 0.3) is 10.6 Å². The molecular weight excluding hydrogens is 413 g/mol. The van der Waals surface area contributed by atoms with E-state index >= 15 is 0 Å². The zero-order valence-electron chi connectivity index (χ0n) is 14.4. The average Bonchev–Trinajstić information content (AvgIpc) is 3.31. The lowest BCUT2D eigenvalue weighted by atomic mass is 9.88. The van der Waals surface area contributed by atoms with Gasteiger partial charge in [0.05, 0.1) is 4.88 Å². The van der Waals surface area contributed by atoms with E-state index in [2.05, 4.69) is 14.4 Å². The minimum Gasteiger partial charge on any atom is -0.351 e. The van der Waals surface area contributed by atoms with E-state index in [4.69, 9.17) is 0 Å². The van der Waals surface area contributed by atoms with Crippen molar-refractivity contribution in [3.8, 4) is 10.6 Å². The summed E-state index contributed by atoms with van der Waals surface area (Å²) < 4.78 is 70.6. The molecule has 2 aromatic heterocycles. The fourth-order valence-corrected chi connectivity index (χ4v) is 5.77. The van der Waals surface area contributed by atoms with E-state index < -0.39 is 22.0 Å². The van der Waals surface area contributed by atoms with Gasteiger partial charge in [0, 0.05) is 12.1 Å². The van der Waals surface area contributed by atoms with Crippen LogP contribution in [0.1, 0.15) is 35.8 Å². The molecule has 0 saturated carbocycles. The molecule has 1 aliphatic rings. The van der Waals surface area contributed by atoms with E-state index in [-0.39, 0.29) is 20.8 Å². The number of alkyl halides is 3. The Morgan fingerprint density at radius 1 is 1.18 bits per heavy atom. The third-order valence-electron chi connectivity index (χ3n) is 4.56. The number of hydrogen-bond donors (Lipinski definition) is 1. The molecule has 0 radical (unpaired) electrons. The fraction of sp³-hybridized carbons (Fsp3) is 0.278. The number of thiophene rings is 1. The average molecular weight is 428 g/mol. The van der Waals surface area contributed by atoms with Crippen molar-refractivity contribution in [3.63, 3.8) is 0 Å². The van der Waals surface area contributed by atoms with Gasteiger partial charge in [-0.05, 0) is 42.5 Å². The van der Waals surface area contributed by atoms with Gasteiger partial charge in [0.25, 0.3) is 10.0 Å². The molecule has 0 saturated heterocycles. The third-order valence-corrected chi connectivity index (χ3v) is 7.63. The Morgan fingerprint density at radius 2 is 1.96 bits per heavy atom. The van der Waals surface area contributed by atoms with Gasteiger partial charge in [-0.15, -0.1) is 11.3 Å². The highest BCUT2D eigenvalue weighted by atomic mass is 32.2. The van der Waals surface area contributed by atoms with Crippen molar-refractivity contribution >= 4 is 21.4 Å². The second kappa shape index (κ2) is 7.02. The van der Waals surface area contributed by atoms with Crippen LogP contribution < -0.4 is 4.72 Å². The van der Waals surface area contributed by atoms with Gasteiger partial charge in [0.2, 0.25) is 5.76 Å². The molecule has 10 heteroatoms. The zero-order chi connectivity index (χ0) is 19.9. The van der Waals surface area contributed by atoms with Crippen LogP contribution in [0, 0.1) is 0 Å². The first-order valence-electron chi connectivity index (χ1n) is 8.48. The zero-order valence-corrected chi connectivity index (χ0v) is 16.0. The topological polar surface area (TPSA) is 72.2 Å². The van der Waals surface area contributed by atoms with Crippen LogP contribution in [0.15, 0.2) is 51.2 Å². The molecule has 0 aliphatic heterocycles. The highest BCUT2D eigenvalue weighted by Gasteiger charge is 2.36. The van der Waals surface area contributed by atoms with Gasteiger partial charge in [0.15, 0.2) is 0 Å². The van der Waals surface area contributed by atoms with E-state index in [0.717, 1.165) is 41.4 Å². The molecule has 1 N–H and O–H groups in total. The number of hydrogen-bond acceptors (Lipinski definition) is 5. The Kier molecular flexibility index (Phi) is 4.80. The third kappa shape index (κ3) is 3.71. The second-order valence-electron chi connectivity index (χ2n) is 6.46. The summed E-state index contributed by atoms with van der Waals surface area (Å²) in [5.74, 6) is -1.22. The van der Waals surface area contributed by atoms with Crippen molar-refractivity contribution in [3.05, 3.63) is 59.4 Å². The Labute approximate surface area is 163 Å². The molecule has 2 heterocycles. The summed E-state index contributed by atoms with van der Waals surface area (Å²) >= 11 is 0.846. The molecule has 0 amide bonds. The van der Waals surface area contributed by atoms with Crippen molar-refractivity contribution in [1.29, 1.82) is 0 Å². The molecule has 5 nitrogen and oxygen atoms in total. The molecule has 0 fully saturated rings. The number of nitrogens with one attached hydrogen (secondary N) is 1. The van der Waals surface area contributed by atoms with Gasteiger partial charge in [-0.3, -0.25) is 0 Å². The lowest BCUT2D eigenvalue weighted by Crippen LogP contribution is -2.30. The van der Waals surface area contributed by atoms with Gasteiger partial charge < -0.3 is 4.52 Å². The first kappa shape index (κ1) is 19.2. The number of aromatic nitrogens is 1. The van der Waals surface area contributed by atoms with Gasteiger partial charge >= 0.3 is 6.18 Å². The smallest absolute Gasteiger partial charge is 0.351 e. The predicted molar refractivity (Wildman–Crippen MR) is 97.3 cm³/mol. The highest BCUT2D eigenvalue weighted by Crippen LogP contribution is 2.36. The summed E-state index contributed by atoms with van der Waals surface area (Å²) in [4.78, 5) is 0.281. The first-order valence-corrected chi connectivity index (χ1v) is 10.8. The van der Waals surface area contributed by atoms with Crippen molar-refractivity contribution in [2.45, 2.75) is 35.7 Å². The molecule has 0 bridgehead atoms. The van der Waals surface area contributed by atoms with E-state index in [9.17, 15) is 21.6 Å². The van der Waals surface area contributed by atoms with E-state index in [1.165, 1.54) is 12.1 Å². The molecule has 0 unspecified atom stereocenters. The fourth-order valence-electron chi connectivity index (χ4n) is 3.25. The number of nitrogens with zero attached hydrogens (tertiary/aromatic N) is 1. The van der Waals surface area contributed by atoms with Crippen LogP contribution in [0.5, 0.6) is 0 Å². The molecule has 1 aromatic carbocycles. The molecule has 28 heavy (non-hydrogen) atoms. The Morgan fingerprint density at radius 3 is 2.71 bits per heavy atom. The van der Waals surface area contributed by atoms with Crippen LogP contribution >= 0.6 is 11.3 Å². The van der Waals surface area contributed by atoms with Gasteiger partial charge in [-0.25, -0.2) is 13.1 Å². The van der Waals surface area contributed by atoms with Crippen molar-refractivity contribution in [2.75, 3.05) is 0 Å². The SMILES string of the molecule is O=S(=O)(N[C@H]1CCCc2ccccc21)c1ccc(-c2cc(C(F)(F)F)on2)s1. The molecule has 1 aliphatic carbocycles. The summed E-state index contributed by atoms with van der Waals surface area (Å²) in [5, 5.41) is 3.39. The quantitative estimate of drug-likeness (QED) is 0.649. The standard InChI is InChI=1S/C18H15F3N2O3S2/c19-18(20,21)16-10-14(22-26-16)15-8-9-17(27-15)28(24,25)23-13-7-3-5-11-4-1-2-6-12(11)13/h1-2,4,6,8-10,13,23H,3,5,7H2/t13-/m0/s1. The van der Waals surface area contributed by atoms with Crippen LogP contribution in [-0.2, 0) is 22.6 Å². The maximum Gasteiger partial charge on any atom is 0.452 e. The molecular formula is C18H15F3N2O3S2. The van der Waals surface area contributed by atoms with Crippen LogP contribution in [0.4, 0.5) is 13.2 Å². The van der Waals surface area contributed by atoms with E-state index in [0.29, 0.717) is 6.42 Å². The van der Waals surface area contributed by atoms with E-state index in [1.54, 1.807) is 0 Å². The van der Waals surface area contributed by atoms with Gasteiger partial charge in [-0.1, -0.05) is 29.4 Å². The summed E-state index contributed by atoms with van der Waals surface area (Å²) in [6.45, 7) is 0. The van der Waals surface area contributed by atoms with Gasteiger partial charge in [-0.2, -0.15) is 13.2 Å². The molecule has 0 spiro atoms. The predicted octanol–water partition coefficient (Wildman–Crippen LogP) is 4.78. The highest BCUT2D eigenvalue weighted by molar-refractivity contribution is 7.91. The minimum atomic E-state index is -4.65. The second-order valence-corrected chi connectivity index (χ2v) is 9.48. The normalized spacial score (nSPS) is 17.5. The number of sulfonamides is 1. The Balaban J connectivity index is 1.58.